The molecule has 2 N–H and O–H groups in total. The molecule has 1 atom stereocenters. The number of nitriles is 1. The first kappa shape index (κ1) is 18.5. The van der Waals surface area contributed by atoms with Crippen molar-refractivity contribution in [2.75, 3.05) is 17.2 Å². The third-order valence-corrected chi connectivity index (χ3v) is 5.02. The van der Waals surface area contributed by atoms with Crippen molar-refractivity contribution in [1.29, 1.82) is 5.26 Å². The highest BCUT2D eigenvalue weighted by molar-refractivity contribution is 8.01. The van der Waals surface area contributed by atoms with Gasteiger partial charge in [0, 0.05) is 4.90 Å². The number of carbonyl (C=O) groups is 3. The van der Waals surface area contributed by atoms with Crippen LogP contribution in [-0.2, 0) is 19.1 Å². The summed E-state index contributed by atoms with van der Waals surface area (Å²) in [5.41, 5.74) is 1.37. The first-order valence-corrected chi connectivity index (χ1v) is 8.96. The van der Waals surface area contributed by atoms with E-state index in [0.717, 1.165) is 4.90 Å². The van der Waals surface area contributed by atoms with Gasteiger partial charge in [0.05, 0.1) is 28.6 Å². The molecule has 0 spiro atoms. The van der Waals surface area contributed by atoms with Crippen LogP contribution in [0.5, 0.6) is 0 Å². The number of para-hydroxylation sites is 2. The first-order valence-electron chi connectivity index (χ1n) is 8.08. The van der Waals surface area contributed by atoms with Crippen molar-refractivity contribution in [2.24, 2.45) is 0 Å². The molecule has 0 bridgehead atoms. The summed E-state index contributed by atoms with van der Waals surface area (Å²) in [5, 5.41) is 13.7. The summed E-state index contributed by atoms with van der Waals surface area (Å²) in [6.45, 7) is -0.492. The second-order valence-corrected chi connectivity index (χ2v) is 6.91. The molecule has 0 saturated carbocycles. The van der Waals surface area contributed by atoms with Gasteiger partial charge in [-0.3, -0.25) is 14.4 Å². The molecule has 27 heavy (non-hydrogen) atoms. The minimum absolute atomic E-state index is 0.146. The lowest BCUT2D eigenvalue weighted by molar-refractivity contribution is -0.147. The molecule has 2 amide bonds. The SMILES string of the molecule is N#Cc1ccccc1NC(=O)COC(=O)C[C@@H]1Sc2ccccc2NC1=O. The molecule has 0 aliphatic carbocycles. The quantitative estimate of drug-likeness (QED) is 0.771. The summed E-state index contributed by atoms with van der Waals surface area (Å²) in [6, 6.07) is 15.8. The number of ether oxygens (including phenoxy) is 1. The van der Waals surface area contributed by atoms with Gasteiger partial charge in [0.1, 0.15) is 6.07 Å². The van der Waals surface area contributed by atoms with Gasteiger partial charge in [-0.2, -0.15) is 5.26 Å². The lowest BCUT2D eigenvalue weighted by Gasteiger charge is -2.23. The van der Waals surface area contributed by atoms with Crippen LogP contribution in [0.4, 0.5) is 11.4 Å². The van der Waals surface area contributed by atoms with E-state index in [9.17, 15) is 14.4 Å². The molecule has 1 heterocycles. The monoisotopic (exact) mass is 381 g/mol. The molecule has 0 unspecified atom stereocenters. The Hall–Kier alpha value is -3.31. The van der Waals surface area contributed by atoms with Crippen molar-refractivity contribution in [1.82, 2.24) is 0 Å². The highest BCUT2D eigenvalue weighted by Crippen LogP contribution is 2.36. The van der Waals surface area contributed by atoms with Gasteiger partial charge in [-0.1, -0.05) is 24.3 Å². The zero-order valence-electron chi connectivity index (χ0n) is 14.1. The highest BCUT2D eigenvalue weighted by atomic mass is 32.2. The number of fused-ring (bicyclic) bond motifs is 1. The average Bonchev–Trinajstić information content (AvgIpc) is 2.67. The van der Waals surface area contributed by atoms with Crippen molar-refractivity contribution in [2.45, 2.75) is 16.6 Å². The average molecular weight is 381 g/mol. The smallest absolute Gasteiger partial charge is 0.307 e. The molecule has 8 heteroatoms. The van der Waals surface area contributed by atoms with E-state index in [2.05, 4.69) is 10.6 Å². The van der Waals surface area contributed by atoms with Crippen LogP contribution in [0.25, 0.3) is 0 Å². The summed E-state index contributed by atoms with van der Waals surface area (Å²) < 4.78 is 4.96. The number of benzene rings is 2. The van der Waals surface area contributed by atoms with E-state index >= 15 is 0 Å². The Balaban J connectivity index is 1.51. The van der Waals surface area contributed by atoms with E-state index in [1.807, 2.05) is 24.3 Å². The predicted octanol–water partition coefficient (Wildman–Crippen LogP) is 2.54. The lowest BCUT2D eigenvalue weighted by Crippen LogP contribution is -2.32. The molecule has 2 aromatic carbocycles. The molecule has 1 aliphatic rings. The second kappa shape index (κ2) is 8.38. The third-order valence-electron chi connectivity index (χ3n) is 3.74. The van der Waals surface area contributed by atoms with Crippen molar-refractivity contribution >= 4 is 40.9 Å². The number of thioether (sulfide) groups is 1. The number of nitrogens with zero attached hydrogens (tertiary/aromatic N) is 1. The van der Waals surface area contributed by atoms with Gasteiger partial charge in [0.15, 0.2) is 6.61 Å². The Kier molecular flexibility index (Phi) is 5.74. The Morgan fingerprint density at radius 2 is 1.93 bits per heavy atom. The minimum atomic E-state index is -0.647. The van der Waals surface area contributed by atoms with E-state index in [0.29, 0.717) is 16.9 Å². The fourth-order valence-corrected chi connectivity index (χ4v) is 3.55. The second-order valence-electron chi connectivity index (χ2n) is 5.66. The van der Waals surface area contributed by atoms with E-state index < -0.39 is 23.7 Å². The number of hydrogen-bond acceptors (Lipinski definition) is 6. The Morgan fingerprint density at radius 3 is 2.74 bits per heavy atom. The largest absolute Gasteiger partial charge is 0.456 e. The van der Waals surface area contributed by atoms with Crippen molar-refractivity contribution < 1.29 is 19.1 Å². The van der Waals surface area contributed by atoms with Crippen LogP contribution in [-0.4, -0.2) is 29.6 Å². The topological polar surface area (TPSA) is 108 Å². The summed E-state index contributed by atoms with van der Waals surface area (Å²) in [7, 11) is 0. The molecule has 2 aromatic rings. The van der Waals surface area contributed by atoms with E-state index in [-0.39, 0.29) is 12.3 Å². The van der Waals surface area contributed by atoms with Gasteiger partial charge in [-0.15, -0.1) is 11.8 Å². The minimum Gasteiger partial charge on any atom is -0.456 e. The molecule has 0 fully saturated rings. The number of carbonyl (C=O) groups excluding carboxylic acids is 3. The van der Waals surface area contributed by atoms with Gasteiger partial charge in [0.25, 0.3) is 5.91 Å². The normalized spacial score (nSPS) is 15.1. The summed E-state index contributed by atoms with van der Waals surface area (Å²) in [4.78, 5) is 36.9. The fourth-order valence-electron chi connectivity index (χ4n) is 2.46. The Morgan fingerprint density at radius 1 is 1.19 bits per heavy atom. The molecule has 0 saturated heterocycles. The van der Waals surface area contributed by atoms with Crippen molar-refractivity contribution in [3.8, 4) is 6.07 Å². The van der Waals surface area contributed by atoms with Gasteiger partial charge in [-0.05, 0) is 24.3 Å². The molecule has 1 aliphatic heterocycles. The molecular formula is C19H15N3O4S. The van der Waals surface area contributed by atoms with E-state index in [4.69, 9.17) is 10.00 Å². The standard InChI is InChI=1S/C19H15N3O4S/c20-10-12-5-1-2-6-13(12)21-17(23)11-26-18(24)9-16-19(25)22-14-7-3-4-8-15(14)27-16/h1-8,16H,9,11H2,(H,21,23)(H,22,25)/t16-/m0/s1. The molecule has 7 nitrogen and oxygen atoms in total. The summed E-state index contributed by atoms with van der Waals surface area (Å²) in [6.07, 6.45) is -0.146. The number of anilines is 2. The van der Waals surface area contributed by atoms with Crippen LogP contribution >= 0.6 is 11.8 Å². The van der Waals surface area contributed by atoms with Gasteiger partial charge in [0.2, 0.25) is 5.91 Å². The van der Waals surface area contributed by atoms with Crippen LogP contribution in [0.1, 0.15) is 12.0 Å². The maximum Gasteiger partial charge on any atom is 0.307 e. The zero-order chi connectivity index (χ0) is 19.2. The predicted molar refractivity (Wildman–Crippen MR) is 100 cm³/mol. The van der Waals surface area contributed by atoms with Crippen LogP contribution in [0, 0.1) is 11.3 Å². The number of amides is 2. The van der Waals surface area contributed by atoms with E-state index in [1.165, 1.54) is 11.8 Å². The summed E-state index contributed by atoms with van der Waals surface area (Å²) in [5.74, 6) is -1.48. The maximum absolute atomic E-state index is 12.1. The number of rotatable bonds is 5. The van der Waals surface area contributed by atoms with Gasteiger partial charge in [-0.25, -0.2) is 0 Å². The number of hydrogen-bond donors (Lipinski definition) is 2. The van der Waals surface area contributed by atoms with Crippen LogP contribution in [0.3, 0.4) is 0 Å². The molecule has 0 aromatic heterocycles. The lowest BCUT2D eigenvalue weighted by atomic mass is 10.2. The zero-order valence-corrected chi connectivity index (χ0v) is 14.9. The molecule has 0 radical (unpaired) electrons. The molecule has 3 rings (SSSR count). The molecular weight excluding hydrogens is 366 g/mol. The van der Waals surface area contributed by atoms with Crippen molar-refractivity contribution in [3.05, 3.63) is 54.1 Å². The maximum atomic E-state index is 12.1. The van der Waals surface area contributed by atoms with Crippen LogP contribution in [0.15, 0.2) is 53.4 Å². The van der Waals surface area contributed by atoms with Crippen LogP contribution < -0.4 is 10.6 Å². The fraction of sp³-hybridized carbons (Fsp3) is 0.158. The summed E-state index contributed by atoms with van der Waals surface area (Å²) >= 11 is 1.29. The Labute approximate surface area is 159 Å². The first-order chi connectivity index (χ1) is 13.1. The van der Waals surface area contributed by atoms with Gasteiger partial charge < -0.3 is 15.4 Å². The number of esters is 1. The van der Waals surface area contributed by atoms with Gasteiger partial charge >= 0.3 is 5.97 Å². The van der Waals surface area contributed by atoms with E-state index in [1.54, 1.807) is 30.3 Å². The number of nitrogens with one attached hydrogen (secondary N) is 2. The molecule has 136 valence electrons. The third kappa shape index (κ3) is 4.65. The van der Waals surface area contributed by atoms with Crippen LogP contribution in [0.2, 0.25) is 0 Å². The Bertz CT molecular complexity index is 939. The highest BCUT2D eigenvalue weighted by Gasteiger charge is 2.29. The van der Waals surface area contributed by atoms with Crippen molar-refractivity contribution in [3.63, 3.8) is 0 Å².